The number of ketones is 1. The Kier molecular flexibility index (Phi) is 6.08. The maximum Gasteiger partial charge on any atom is 0.225 e. The van der Waals surface area contributed by atoms with Crippen LogP contribution in [0.3, 0.4) is 0 Å². The van der Waals surface area contributed by atoms with E-state index in [1.165, 1.54) is 0 Å². The van der Waals surface area contributed by atoms with Crippen molar-refractivity contribution in [3.05, 3.63) is 58.8 Å². The highest BCUT2D eigenvalue weighted by Crippen LogP contribution is 2.46. The van der Waals surface area contributed by atoms with Gasteiger partial charge in [-0.25, -0.2) is 0 Å². The molecule has 1 aliphatic carbocycles. The van der Waals surface area contributed by atoms with Crippen molar-refractivity contribution >= 4 is 11.7 Å². The van der Waals surface area contributed by atoms with Gasteiger partial charge in [0.2, 0.25) is 11.7 Å². The van der Waals surface area contributed by atoms with Crippen molar-refractivity contribution < 1.29 is 28.5 Å². The molecule has 4 rings (SSSR count). The van der Waals surface area contributed by atoms with E-state index in [-0.39, 0.29) is 29.9 Å². The Morgan fingerprint density at radius 3 is 2.00 bits per heavy atom. The second-order valence-electron chi connectivity index (χ2n) is 7.96. The van der Waals surface area contributed by atoms with Gasteiger partial charge in [-0.3, -0.25) is 9.59 Å². The van der Waals surface area contributed by atoms with Crippen LogP contribution in [-0.2, 0) is 9.59 Å². The van der Waals surface area contributed by atoms with E-state index < -0.39 is 0 Å². The van der Waals surface area contributed by atoms with Crippen molar-refractivity contribution in [2.75, 3.05) is 28.4 Å². The van der Waals surface area contributed by atoms with Crippen LogP contribution in [0.15, 0.2) is 47.7 Å². The van der Waals surface area contributed by atoms with E-state index in [1.54, 1.807) is 28.4 Å². The Morgan fingerprint density at radius 2 is 1.44 bits per heavy atom. The molecule has 0 bridgehead atoms. The largest absolute Gasteiger partial charge is 0.497 e. The Morgan fingerprint density at radius 1 is 0.781 bits per heavy atom. The minimum atomic E-state index is -0.252. The van der Waals surface area contributed by atoms with Crippen LogP contribution in [-0.4, -0.2) is 40.1 Å². The number of allylic oxidation sites excluding steroid dienone is 2. The molecule has 7 heteroatoms. The Labute approximate surface area is 187 Å². The molecule has 0 saturated carbocycles. The average Bonchev–Trinajstić information content (AvgIpc) is 2.82. The SMILES string of the molecule is COc1ccc([C@@H]2CC(=O)NC3=C2C(=O)C[C@H](c2cc(OC)c(OC)c(OC)c2)C3)cc1. The Bertz CT molecular complexity index is 1050. The summed E-state index contributed by atoms with van der Waals surface area (Å²) in [5.74, 6) is 1.93. The second-order valence-corrected chi connectivity index (χ2v) is 7.96. The number of hydrogen-bond donors (Lipinski definition) is 1. The van der Waals surface area contributed by atoms with Gasteiger partial charge in [-0.05, 0) is 47.7 Å². The van der Waals surface area contributed by atoms with Gasteiger partial charge in [-0.1, -0.05) is 12.1 Å². The molecular weight excluding hydrogens is 410 g/mol. The molecule has 0 fully saturated rings. The summed E-state index contributed by atoms with van der Waals surface area (Å²) in [6.07, 6.45) is 1.16. The fourth-order valence-electron chi connectivity index (χ4n) is 4.65. The van der Waals surface area contributed by atoms with Crippen molar-refractivity contribution in [1.29, 1.82) is 0 Å². The number of carbonyl (C=O) groups excluding carboxylic acids is 2. The Hall–Kier alpha value is -3.48. The van der Waals surface area contributed by atoms with E-state index >= 15 is 0 Å². The first-order chi connectivity index (χ1) is 15.5. The van der Waals surface area contributed by atoms with Crippen LogP contribution in [0.4, 0.5) is 0 Å². The third-order valence-electron chi connectivity index (χ3n) is 6.21. The molecule has 168 valence electrons. The summed E-state index contributed by atoms with van der Waals surface area (Å²) in [4.78, 5) is 25.9. The highest BCUT2D eigenvalue weighted by atomic mass is 16.5. The Balaban J connectivity index is 1.70. The van der Waals surface area contributed by atoms with E-state index in [4.69, 9.17) is 18.9 Å². The zero-order valence-corrected chi connectivity index (χ0v) is 18.7. The number of methoxy groups -OCH3 is 4. The summed E-state index contributed by atoms with van der Waals surface area (Å²) in [7, 11) is 6.29. The van der Waals surface area contributed by atoms with Gasteiger partial charge in [0.1, 0.15) is 5.75 Å². The quantitative estimate of drug-likeness (QED) is 0.742. The lowest BCUT2D eigenvalue weighted by atomic mass is 9.73. The molecule has 2 aromatic rings. The molecular formula is C25H27NO6. The van der Waals surface area contributed by atoms with E-state index in [9.17, 15) is 9.59 Å². The summed E-state index contributed by atoms with van der Waals surface area (Å²) < 4.78 is 21.6. The monoisotopic (exact) mass is 437 g/mol. The minimum absolute atomic E-state index is 0.0471. The van der Waals surface area contributed by atoms with Crippen LogP contribution in [0.2, 0.25) is 0 Å². The molecule has 2 aromatic carbocycles. The lowest BCUT2D eigenvalue weighted by Crippen LogP contribution is -2.38. The summed E-state index contributed by atoms with van der Waals surface area (Å²) in [6, 6.07) is 11.3. The lowest BCUT2D eigenvalue weighted by Gasteiger charge is -2.34. The summed E-state index contributed by atoms with van der Waals surface area (Å²) in [5.41, 5.74) is 3.25. The third-order valence-corrected chi connectivity index (χ3v) is 6.21. The normalized spacial score (nSPS) is 20.4. The van der Waals surface area contributed by atoms with Crippen molar-refractivity contribution in [3.63, 3.8) is 0 Å². The van der Waals surface area contributed by atoms with Gasteiger partial charge in [0.15, 0.2) is 17.3 Å². The molecule has 2 atom stereocenters. The fourth-order valence-corrected chi connectivity index (χ4v) is 4.65. The van der Waals surface area contributed by atoms with Gasteiger partial charge in [0.05, 0.1) is 28.4 Å². The maximum atomic E-state index is 13.3. The summed E-state index contributed by atoms with van der Waals surface area (Å²) in [5, 5.41) is 2.96. The van der Waals surface area contributed by atoms with Crippen LogP contribution in [0.25, 0.3) is 0 Å². The van der Waals surface area contributed by atoms with Gasteiger partial charge < -0.3 is 24.3 Å². The van der Waals surface area contributed by atoms with Crippen molar-refractivity contribution in [2.45, 2.75) is 31.1 Å². The van der Waals surface area contributed by atoms with Crippen LogP contribution >= 0.6 is 0 Å². The predicted octanol–water partition coefficient (Wildman–Crippen LogP) is 3.73. The third kappa shape index (κ3) is 3.90. The van der Waals surface area contributed by atoms with Gasteiger partial charge in [0.25, 0.3) is 0 Å². The number of ether oxygens (including phenoxy) is 4. The standard InChI is InChI=1S/C25H27NO6/c1-29-17-7-5-14(6-8-17)18-13-23(28)26-19-9-15(10-20(27)24(18)19)16-11-21(30-2)25(32-4)22(12-16)31-3/h5-8,11-12,15,18H,9-10,13H2,1-4H3,(H,26,28)/t15-,18+/m1/s1. The topological polar surface area (TPSA) is 83.1 Å². The number of benzene rings is 2. The fraction of sp³-hybridized carbons (Fsp3) is 0.360. The molecule has 7 nitrogen and oxygen atoms in total. The number of rotatable bonds is 6. The molecule has 2 aliphatic rings. The molecule has 0 aromatic heterocycles. The molecule has 1 aliphatic heterocycles. The predicted molar refractivity (Wildman–Crippen MR) is 119 cm³/mol. The first kappa shape index (κ1) is 21.7. The van der Waals surface area contributed by atoms with Crippen LogP contribution in [0, 0.1) is 0 Å². The van der Waals surface area contributed by atoms with Crippen molar-refractivity contribution in [2.24, 2.45) is 0 Å². The molecule has 0 spiro atoms. The molecule has 0 saturated heterocycles. The number of nitrogens with one attached hydrogen (secondary N) is 1. The number of hydrogen-bond acceptors (Lipinski definition) is 6. The summed E-state index contributed by atoms with van der Waals surface area (Å²) >= 11 is 0. The van der Waals surface area contributed by atoms with E-state index in [0.29, 0.717) is 41.4 Å². The molecule has 0 radical (unpaired) electrons. The van der Waals surface area contributed by atoms with Crippen molar-refractivity contribution in [1.82, 2.24) is 5.32 Å². The first-order valence-corrected chi connectivity index (χ1v) is 10.5. The molecule has 1 amide bonds. The van der Waals surface area contributed by atoms with Gasteiger partial charge in [-0.15, -0.1) is 0 Å². The minimum Gasteiger partial charge on any atom is -0.497 e. The van der Waals surface area contributed by atoms with E-state index in [2.05, 4.69) is 5.32 Å². The molecule has 32 heavy (non-hydrogen) atoms. The molecule has 0 unspecified atom stereocenters. The van der Waals surface area contributed by atoms with E-state index in [0.717, 1.165) is 16.9 Å². The number of carbonyl (C=O) groups is 2. The number of Topliss-reactive ketones (excluding diaryl/α,β-unsaturated/α-hetero) is 1. The second kappa shape index (κ2) is 8.94. The highest BCUT2D eigenvalue weighted by molar-refractivity contribution is 6.02. The zero-order chi connectivity index (χ0) is 22.8. The molecule has 1 heterocycles. The maximum absolute atomic E-state index is 13.3. The van der Waals surface area contributed by atoms with E-state index in [1.807, 2.05) is 36.4 Å². The van der Waals surface area contributed by atoms with Crippen molar-refractivity contribution in [3.8, 4) is 23.0 Å². The lowest BCUT2D eigenvalue weighted by molar-refractivity contribution is -0.122. The van der Waals surface area contributed by atoms with Gasteiger partial charge in [-0.2, -0.15) is 0 Å². The van der Waals surface area contributed by atoms with Gasteiger partial charge >= 0.3 is 0 Å². The molecule has 1 N–H and O–H groups in total. The smallest absolute Gasteiger partial charge is 0.225 e. The average molecular weight is 437 g/mol. The van der Waals surface area contributed by atoms with Crippen LogP contribution in [0.1, 0.15) is 42.2 Å². The highest BCUT2D eigenvalue weighted by Gasteiger charge is 2.38. The number of amides is 1. The van der Waals surface area contributed by atoms with Crippen LogP contribution < -0.4 is 24.3 Å². The zero-order valence-electron chi connectivity index (χ0n) is 18.7. The van der Waals surface area contributed by atoms with Gasteiger partial charge in [0, 0.05) is 30.0 Å². The summed E-state index contributed by atoms with van der Waals surface area (Å²) in [6.45, 7) is 0. The van der Waals surface area contributed by atoms with Crippen LogP contribution in [0.5, 0.6) is 23.0 Å². The first-order valence-electron chi connectivity index (χ1n) is 10.5.